The molecule has 11 heteroatoms. The Kier molecular flexibility index (Phi) is 7.71. The predicted octanol–water partition coefficient (Wildman–Crippen LogP) is 3.62. The molecule has 2 aliphatic heterocycles. The van der Waals surface area contributed by atoms with Crippen molar-refractivity contribution in [2.24, 2.45) is 0 Å². The van der Waals surface area contributed by atoms with Crippen molar-refractivity contribution < 1.29 is 19.1 Å². The van der Waals surface area contributed by atoms with Gasteiger partial charge in [0.1, 0.15) is 12.3 Å². The van der Waals surface area contributed by atoms with Crippen molar-refractivity contribution in [2.45, 2.75) is 38.4 Å². The molecule has 1 saturated heterocycles. The van der Waals surface area contributed by atoms with Crippen LogP contribution in [0.4, 0.5) is 5.95 Å². The number of rotatable bonds is 8. The highest BCUT2D eigenvalue weighted by molar-refractivity contribution is 6.32. The van der Waals surface area contributed by atoms with Crippen LogP contribution in [0.2, 0.25) is 5.02 Å². The maximum Gasteiger partial charge on any atom is 0.256 e. The summed E-state index contributed by atoms with van der Waals surface area (Å²) in [6, 6.07) is 9.21. The quantitative estimate of drug-likeness (QED) is 0.448. The third-order valence-electron chi connectivity index (χ3n) is 6.71. The minimum Gasteiger partial charge on any atom is -0.497 e. The predicted molar refractivity (Wildman–Crippen MR) is 142 cm³/mol. The number of anilines is 1. The Hall–Kier alpha value is -3.76. The van der Waals surface area contributed by atoms with Gasteiger partial charge in [-0.3, -0.25) is 14.6 Å². The molecule has 5 rings (SSSR count). The zero-order valence-corrected chi connectivity index (χ0v) is 22.0. The summed E-state index contributed by atoms with van der Waals surface area (Å²) in [5.41, 5.74) is 3.05. The van der Waals surface area contributed by atoms with Crippen LogP contribution < -0.4 is 15.4 Å². The summed E-state index contributed by atoms with van der Waals surface area (Å²) < 4.78 is 10.7. The van der Waals surface area contributed by atoms with Crippen LogP contribution in [0, 0.1) is 0 Å². The average Bonchev–Trinajstić information content (AvgIpc) is 3.24. The fraction of sp³-hybridized carbons (Fsp3) is 0.370. The van der Waals surface area contributed by atoms with E-state index < -0.39 is 0 Å². The number of hydrogen-bond donors (Lipinski definition) is 2. The van der Waals surface area contributed by atoms with E-state index in [-0.39, 0.29) is 37.0 Å². The molecule has 10 nitrogen and oxygen atoms in total. The van der Waals surface area contributed by atoms with Crippen molar-refractivity contribution >= 4 is 29.4 Å². The van der Waals surface area contributed by atoms with E-state index in [1.54, 1.807) is 25.6 Å². The van der Waals surface area contributed by atoms with Gasteiger partial charge >= 0.3 is 0 Å². The molecule has 0 radical (unpaired) electrons. The molecule has 0 spiro atoms. The lowest BCUT2D eigenvalue weighted by Crippen LogP contribution is -2.38. The van der Waals surface area contributed by atoms with Crippen molar-refractivity contribution in [1.82, 2.24) is 25.2 Å². The summed E-state index contributed by atoms with van der Waals surface area (Å²) in [5, 5.41) is 6.64. The largest absolute Gasteiger partial charge is 0.497 e. The molecule has 1 atom stereocenters. The monoisotopic (exact) mass is 536 g/mol. The molecule has 0 unspecified atom stereocenters. The number of hydrogen-bond acceptors (Lipinski definition) is 8. The maximum absolute atomic E-state index is 13.2. The smallest absolute Gasteiger partial charge is 0.256 e. The summed E-state index contributed by atoms with van der Waals surface area (Å²) in [6.07, 6.45) is 4.93. The number of aromatic nitrogens is 3. The van der Waals surface area contributed by atoms with E-state index >= 15 is 0 Å². The number of methoxy groups -OCH3 is 1. The van der Waals surface area contributed by atoms with Gasteiger partial charge in [-0.1, -0.05) is 23.7 Å². The second kappa shape index (κ2) is 11.3. The van der Waals surface area contributed by atoms with E-state index in [4.69, 9.17) is 21.1 Å². The Morgan fingerprint density at radius 2 is 2.05 bits per heavy atom. The topological polar surface area (TPSA) is 119 Å². The summed E-state index contributed by atoms with van der Waals surface area (Å²) in [4.78, 5) is 40.8. The number of carbonyl (C=O) groups excluding carboxylic acids is 2. The highest BCUT2D eigenvalue weighted by atomic mass is 35.5. The molecule has 4 heterocycles. The van der Waals surface area contributed by atoms with Gasteiger partial charge in [-0.25, -0.2) is 9.97 Å². The van der Waals surface area contributed by atoms with Gasteiger partial charge < -0.3 is 25.0 Å². The molecule has 2 amide bonds. The van der Waals surface area contributed by atoms with E-state index in [2.05, 4.69) is 25.6 Å². The summed E-state index contributed by atoms with van der Waals surface area (Å²) in [5.74, 6) is 0.658. The molecule has 1 aromatic carbocycles. The summed E-state index contributed by atoms with van der Waals surface area (Å²) in [6.45, 7) is 3.46. The first-order valence-electron chi connectivity index (χ1n) is 12.5. The van der Waals surface area contributed by atoms with Gasteiger partial charge in [-0.15, -0.1) is 0 Å². The highest BCUT2D eigenvalue weighted by Gasteiger charge is 2.31. The number of fused-ring (bicyclic) bond motifs is 1. The van der Waals surface area contributed by atoms with Crippen LogP contribution in [0.25, 0.3) is 11.3 Å². The van der Waals surface area contributed by atoms with E-state index in [0.29, 0.717) is 52.4 Å². The first-order valence-corrected chi connectivity index (χ1v) is 12.9. The number of nitrogens with one attached hydrogen (secondary N) is 2. The van der Waals surface area contributed by atoms with Crippen molar-refractivity contribution in [2.75, 3.05) is 32.2 Å². The molecule has 0 saturated carbocycles. The summed E-state index contributed by atoms with van der Waals surface area (Å²) in [7, 11) is 1.60. The third-order valence-corrected chi connectivity index (χ3v) is 6.98. The molecule has 2 aliphatic rings. The van der Waals surface area contributed by atoms with Gasteiger partial charge in [0.05, 0.1) is 47.9 Å². The number of benzene rings is 1. The lowest BCUT2D eigenvalue weighted by atomic mass is 10.1. The zero-order valence-electron chi connectivity index (χ0n) is 21.2. The van der Waals surface area contributed by atoms with Crippen LogP contribution in [0.3, 0.4) is 0 Å². The second-order valence-corrected chi connectivity index (χ2v) is 9.77. The maximum atomic E-state index is 13.2. The fourth-order valence-electron chi connectivity index (χ4n) is 4.60. The second-order valence-electron chi connectivity index (χ2n) is 9.37. The Morgan fingerprint density at radius 3 is 2.84 bits per heavy atom. The number of halogens is 1. The van der Waals surface area contributed by atoms with Crippen LogP contribution in [0.5, 0.6) is 5.75 Å². The number of ether oxygens (including phenoxy) is 2. The number of pyridine rings is 1. The van der Waals surface area contributed by atoms with Crippen LogP contribution in [0.1, 0.15) is 47.4 Å². The Morgan fingerprint density at radius 1 is 1.24 bits per heavy atom. The first kappa shape index (κ1) is 25.9. The Balaban J connectivity index is 1.26. The van der Waals surface area contributed by atoms with E-state index in [9.17, 15) is 9.59 Å². The molecular formula is C27H29ClN6O4. The highest BCUT2D eigenvalue weighted by Crippen LogP contribution is 2.30. The normalized spacial score (nSPS) is 16.2. The van der Waals surface area contributed by atoms with Crippen molar-refractivity contribution in [1.29, 1.82) is 0 Å². The van der Waals surface area contributed by atoms with Gasteiger partial charge in [-0.05, 0) is 43.5 Å². The standard InChI is InChI=1S/C27H29ClN6O4/c1-16(17-4-3-5-20(10-17)37-2)31-24(35)15-34-14-23-21(26(34)36)11-18(12-29-23)25-22(28)13-30-27(33-25)32-19-6-8-38-9-7-19/h3-5,10-13,16,19H,6-9,14-15H2,1-2H3,(H,31,35)(H,30,32,33)/t16-/m1/s1. The van der Waals surface area contributed by atoms with E-state index in [1.807, 2.05) is 31.2 Å². The molecular weight excluding hydrogens is 508 g/mol. The summed E-state index contributed by atoms with van der Waals surface area (Å²) >= 11 is 6.42. The van der Waals surface area contributed by atoms with Crippen molar-refractivity contribution in [3.8, 4) is 17.0 Å². The number of amides is 2. The zero-order chi connectivity index (χ0) is 26.6. The van der Waals surface area contributed by atoms with Gasteiger partial charge in [0.15, 0.2) is 0 Å². The third kappa shape index (κ3) is 5.71. The van der Waals surface area contributed by atoms with Crippen LogP contribution in [-0.4, -0.2) is 64.6 Å². The number of nitrogens with zero attached hydrogens (tertiary/aromatic N) is 4. The average molecular weight is 537 g/mol. The Labute approximate surface area is 225 Å². The van der Waals surface area contributed by atoms with Gasteiger partial charge in [0.2, 0.25) is 11.9 Å². The molecule has 2 aromatic heterocycles. The van der Waals surface area contributed by atoms with E-state index in [1.165, 1.54) is 4.90 Å². The van der Waals surface area contributed by atoms with Crippen molar-refractivity contribution in [3.05, 3.63) is 64.6 Å². The van der Waals surface area contributed by atoms with Crippen molar-refractivity contribution in [3.63, 3.8) is 0 Å². The minimum absolute atomic E-state index is 0.0771. The molecule has 3 aromatic rings. The fourth-order valence-corrected chi connectivity index (χ4v) is 4.80. The van der Waals surface area contributed by atoms with Gasteiger partial charge in [-0.2, -0.15) is 0 Å². The lowest BCUT2D eigenvalue weighted by Gasteiger charge is -2.23. The van der Waals surface area contributed by atoms with E-state index in [0.717, 1.165) is 18.4 Å². The first-order chi connectivity index (χ1) is 18.4. The molecule has 2 N–H and O–H groups in total. The van der Waals surface area contributed by atoms with Crippen LogP contribution in [0.15, 0.2) is 42.7 Å². The van der Waals surface area contributed by atoms with Gasteiger partial charge in [0, 0.05) is 31.0 Å². The lowest BCUT2D eigenvalue weighted by molar-refractivity contribution is -0.122. The molecule has 1 fully saturated rings. The minimum atomic E-state index is -0.260. The SMILES string of the molecule is COc1cccc([C@@H](C)NC(=O)CN2Cc3ncc(-c4nc(NC5CCOCC5)ncc4Cl)cc3C2=O)c1. The number of carbonyl (C=O) groups is 2. The van der Waals surface area contributed by atoms with Crippen LogP contribution in [-0.2, 0) is 16.1 Å². The molecule has 0 aliphatic carbocycles. The molecule has 0 bridgehead atoms. The Bertz CT molecular complexity index is 1350. The molecule has 198 valence electrons. The van der Waals surface area contributed by atoms with Crippen LogP contribution >= 0.6 is 11.6 Å². The van der Waals surface area contributed by atoms with Gasteiger partial charge in [0.25, 0.3) is 5.91 Å². The molecule has 38 heavy (non-hydrogen) atoms.